The van der Waals surface area contributed by atoms with E-state index in [0.717, 1.165) is 22.6 Å². The van der Waals surface area contributed by atoms with Crippen molar-refractivity contribution in [3.05, 3.63) is 87.7 Å². The van der Waals surface area contributed by atoms with Crippen LogP contribution in [0.1, 0.15) is 28.5 Å². The van der Waals surface area contributed by atoms with Gasteiger partial charge < -0.3 is 15.4 Å². The zero-order valence-corrected chi connectivity index (χ0v) is 18.8. The quantitative estimate of drug-likeness (QED) is 0.334. The van der Waals surface area contributed by atoms with Crippen molar-refractivity contribution in [1.82, 2.24) is 14.6 Å². The van der Waals surface area contributed by atoms with Gasteiger partial charge in [0.15, 0.2) is 5.65 Å². The number of imidazole rings is 1. The molecule has 0 aliphatic heterocycles. The van der Waals surface area contributed by atoms with Crippen molar-refractivity contribution in [2.45, 2.75) is 20.0 Å². The lowest BCUT2D eigenvalue weighted by Gasteiger charge is -2.09. The van der Waals surface area contributed by atoms with Crippen LogP contribution in [0, 0.1) is 0 Å². The van der Waals surface area contributed by atoms with Crippen molar-refractivity contribution in [2.24, 2.45) is 0 Å². The summed E-state index contributed by atoms with van der Waals surface area (Å²) >= 11 is 12.1. The predicted octanol–water partition coefficient (Wildman–Crippen LogP) is 5.44. The Hall–Kier alpha value is -3.29. The van der Waals surface area contributed by atoms with Gasteiger partial charge in [-0.2, -0.15) is 0 Å². The number of ether oxygens (including phenoxy) is 1. The van der Waals surface area contributed by atoms with Gasteiger partial charge in [-0.05, 0) is 61.0 Å². The fourth-order valence-corrected chi connectivity index (χ4v) is 3.43. The molecule has 2 aromatic heterocycles. The van der Waals surface area contributed by atoms with Crippen molar-refractivity contribution in [3.8, 4) is 0 Å². The molecule has 0 radical (unpaired) electrons. The van der Waals surface area contributed by atoms with Crippen LogP contribution < -0.4 is 10.6 Å². The molecule has 0 atom stereocenters. The lowest BCUT2D eigenvalue weighted by molar-refractivity contribution is 0.0526. The van der Waals surface area contributed by atoms with E-state index in [-0.39, 0.29) is 5.97 Å². The topological polar surface area (TPSA) is 80.5 Å². The van der Waals surface area contributed by atoms with Crippen LogP contribution in [0.15, 0.2) is 60.8 Å². The van der Waals surface area contributed by atoms with Crippen LogP contribution in [0.5, 0.6) is 0 Å². The van der Waals surface area contributed by atoms with E-state index < -0.39 is 0 Å². The summed E-state index contributed by atoms with van der Waals surface area (Å²) in [5.41, 5.74) is 4.04. The van der Waals surface area contributed by atoms with Crippen LogP contribution >= 0.6 is 23.2 Å². The highest BCUT2D eigenvalue weighted by Gasteiger charge is 2.08. The molecule has 4 aromatic rings. The molecule has 0 amide bonds. The normalized spacial score (nSPS) is 10.8. The van der Waals surface area contributed by atoms with Crippen LogP contribution in [0.25, 0.3) is 5.65 Å². The number of hydrogen-bond acceptors (Lipinski definition) is 6. The number of nitrogens with one attached hydrogen (secondary N) is 2. The molecule has 2 aromatic carbocycles. The van der Waals surface area contributed by atoms with Gasteiger partial charge in [0, 0.05) is 12.2 Å². The highest BCUT2D eigenvalue weighted by molar-refractivity contribution is 6.42. The summed E-state index contributed by atoms with van der Waals surface area (Å²) in [6, 6.07) is 16.5. The number of nitrogens with zero attached hydrogens (tertiary/aromatic N) is 3. The number of halogens is 2. The van der Waals surface area contributed by atoms with Crippen LogP contribution in [-0.2, 0) is 17.8 Å². The van der Waals surface area contributed by atoms with E-state index in [4.69, 9.17) is 27.9 Å². The molecule has 9 heteroatoms. The van der Waals surface area contributed by atoms with Gasteiger partial charge in [-0.15, -0.1) is 5.10 Å². The molecule has 0 bridgehead atoms. The van der Waals surface area contributed by atoms with Gasteiger partial charge in [0.05, 0.1) is 40.7 Å². The van der Waals surface area contributed by atoms with Crippen LogP contribution in [0.3, 0.4) is 0 Å². The summed E-state index contributed by atoms with van der Waals surface area (Å²) in [6.45, 7) is 3.21. The maximum Gasteiger partial charge on any atom is 0.338 e. The number of aromatic nitrogens is 3. The largest absolute Gasteiger partial charge is 0.462 e. The van der Waals surface area contributed by atoms with Crippen LogP contribution in [-0.4, -0.2) is 27.2 Å². The third kappa shape index (κ3) is 5.12. The van der Waals surface area contributed by atoms with E-state index in [2.05, 4.69) is 20.7 Å². The van der Waals surface area contributed by atoms with Gasteiger partial charge in [0.25, 0.3) is 0 Å². The number of benzene rings is 2. The summed E-state index contributed by atoms with van der Waals surface area (Å²) in [6.07, 6.45) is 1.78. The highest BCUT2D eigenvalue weighted by Crippen LogP contribution is 2.23. The molecular formula is C23H21Cl2N5O2. The van der Waals surface area contributed by atoms with E-state index in [9.17, 15) is 4.79 Å². The molecule has 0 saturated carbocycles. The first-order valence-electron chi connectivity index (χ1n) is 10.1. The summed E-state index contributed by atoms with van der Waals surface area (Å²) < 4.78 is 6.80. The summed E-state index contributed by atoms with van der Waals surface area (Å²) in [7, 11) is 0. The Balaban J connectivity index is 1.42. The van der Waals surface area contributed by atoms with Gasteiger partial charge in [-0.3, -0.25) is 0 Å². The first-order valence-corrected chi connectivity index (χ1v) is 10.8. The predicted molar refractivity (Wildman–Crippen MR) is 127 cm³/mol. The third-order valence-corrected chi connectivity index (χ3v) is 5.50. The number of esters is 1. The fourth-order valence-electron chi connectivity index (χ4n) is 3.11. The summed E-state index contributed by atoms with van der Waals surface area (Å²) in [5, 5.41) is 12.3. The molecule has 7 nitrogen and oxygen atoms in total. The van der Waals surface area contributed by atoms with Gasteiger partial charge in [0.1, 0.15) is 5.82 Å². The number of carbonyl (C=O) groups excluding carboxylic acids is 1. The van der Waals surface area contributed by atoms with Crippen molar-refractivity contribution in [1.29, 1.82) is 0 Å². The molecule has 2 heterocycles. The monoisotopic (exact) mass is 469 g/mol. The molecule has 0 unspecified atom stereocenters. The molecular weight excluding hydrogens is 449 g/mol. The van der Waals surface area contributed by atoms with E-state index in [1.165, 1.54) is 0 Å². The SMILES string of the molecule is CCOC(=O)c1ccc(NCc2cnc3ccc(NCc4ccc(Cl)c(Cl)c4)nn23)cc1. The standard InChI is InChI=1S/C23H21Cl2N5O2/c1-2-32-23(31)16-4-6-17(7-5-16)26-13-18-14-28-22-10-9-21(29-30(18)22)27-12-15-3-8-19(24)20(25)11-15/h3-11,14,26H,2,12-13H2,1H3,(H,27,29). The lowest BCUT2D eigenvalue weighted by Crippen LogP contribution is -2.08. The number of fused-ring (bicyclic) bond motifs is 1. The molecule has 0 aliphatic carbocycles. The Bertz CT molecular complexity index is 1240. The number of carbonyl (C=O) groups is 1. The average Bonchev–Trinajstić information content (AvgIpc) is 3.21. The van der Waals surface area contributed by atoms with Gasteiger partial charge in [0.2, 0.25) is 0 Å². The maximum absolute atomic E-state index is 11.8. The molecule has 0 fully saturated rings. The second-order valence-corrected chi connectivity index (χ2v) is 7.81. The van der Waals surface area contributed by atoms with Crippen LogP contribution in [0.4, 0.5) is 11.5 Å². The molecule has 0 spiro atoms. The Kier molecular flexibility index (Phi) is 6.78. The minimum absolute atomic E-state index is 0.328. The van der Waals surface area contributed by atoms with E-state index in [1.807, 2.05) is 36.4 Å². The Labute approximate surface area is 195 Å². The molecule has 0 aliphatic rings. The van der Waals surface area contributed by atoms with E-state index in [0.29, 0.717) is 41.1 Å². The Morgan fingerprint density at radius 1 is 1.00 bits per heavy atom. The molecule has 0 saturated heterocycles. The third-order valence-electron chi connectivity index (χ3n) is 4.76. The van der Waals surface area contributed by atoms with Crippen molar-refractivity contribution in [2.75, 3.05) is 17.2 Å². The molecule has 164 valence electrons. The lowest BCUT2D eigenvalue weighted by atomic mass is 10.2. The van der Waals surface area contributed by atoms with Gasteiger partial charge in [-0.25, -0.2) is 14.3 Å². The molecule has 32 heavy (non-hydrogen) atoms. The van der Waals surface area contributed by atoms with Gasteiger partial charge >= 0.3 is 5.97 Å². The first-order chi connectivity index (χ1) is 15.5. The van der Waals surface area contributed by atoms with E-state index >= 15 is 0 Å². The van der Waals surface area contributed by atoms with Crippen molar-refractivity contribution >= 4 is 46.3 Å². The Morgan fingerprint density at radius 3 is 2.56 bits per heavy atom. The zero-order valence-electron chi connectivity index (χ0n) is 17.3. The fraction of sp³-hybridized carbons (Fsp3) is 0.174. The van der Waals surface area contributed by atoms with Crippen LogP contribution in [0.2, 0.25) is 10.0 Å². The van der Waals surface area contributed by atoms with Gasteiger partial charge in [-0.1, -0.05) is 29.3 Å². The zero-order chi connectivity index (χ0) is 22.5. The number of rotatable bonds is 8. The maximum atomic E-state index is 11.8. The summed E-state index contributed by atoms with van der Waals surface area (Å²) in [4.78, 5) is 16.2. The first kappa shape index (κ1) is 21.9. The molecule has 4 rings (SSSR count). The summed E-state index contributed by atoms with van der Waals surface area (Å²) in [5.74, 6) is 0.382. The van der Waals surface area contributed by atoms with Crippen molar-refractivity contribution in [3.63, 3.8) is 0 Å². The average molecular weight is 470 g/mol. The molecule has 2 N–H and O–H groups in total. The highest BCUT2D eigenvalue weighted by atomic mass is 35.5. The second-order valence-electron chi connectivity index (χ2n) is 6.99. The Morgan fingerprint density at radius 2 is 1.81 bits per heavy atom. The minimum atomic E-state index is -0.328. The van der Waals surface area contributed by atoms with E-state index in [1.54, 1.807) is 35.8 Å². The number of hydrogen-bond donors (Lipinski definition) is 2. The number of anilines is 2. The second kappa shape index (κ2) is 9.89. The minimum Gasteiger partial charge on any atom is -0.462 e. The van der Waals surface area contributed by atoms with Crippen molar-refractivity contribution < 1.29 is 9.53 Å². The smallest absolute Gasteiger partial charge is 0.338 e.